The number of hydrogen-bond donors (Lipinski definition) is 1. The topological polar surface area (TPSA) is 12.0 Å². The lowest BCUT2D eigenvalue weighted by molar-refractivity contribution is 0.349. The van der Waals surface area contributed by atoms with E-state index in [4.69, 9.17) is 11.6 Å². The zero-order valence-corrected chi connectivity index (χ0v) is 10.7. The zero-order chi connectivity index (χ0) is 10.2. The van der Waals surface area contributed by atoms with Crippen LogP contribution in [0.15, 0.2) is 0 Å². The second-order valence-corrected chi connectivity index (χ2v) is 5.66. The molecule has 0 saturated heterocycles. The number of rotatable bonds is 6. The van der Waals surface area contributed by atoms with Gasteiger partial charge >= 0.3 is 0 Å². The van der Waals surface area contributed by atoms with Crippen molar-refractivity contribution in [1.82, 2.24) is 5.32 Å². The number of thioether (sulfide) groups is 1. The Balaban J connectivity index is 1.99. The van der Waals surface area contributed by atoms with Gasteiger partial charge in [0.15, 0.2) is 0 Å². The third-order valence-electron chi connectivity index (χ3n) is 2.92. The SMILES string of the molecule is CSCCCNCC1CCCCC1Cl. The summed E-state index contributed by atoms with van der Waals surface area (Å²) >= 11 is 8.20. The summed E-state index contributed by atoms with van der Waals surface area (Å²) in [7, 11) is 0. The molecule has 3 heteroatoms. The molecule has 1 aliphatic carbocycles. The molecule has 0 heterocycles. The van der Waals surface area contributed by atoms with Crippen molar-refractivity contribution in [2.24, 2.45) is 5.92 Å². The van der Waals surface area contributed by atoms with Crippen molar-refractivity contribution < 1.29 is 0 Å². The molecule has 0 spiro atoms. The van der Waals surface area contributed by atoms with Crippen molar-refractivity contribution in [1.29, 1.82) is 0 Å². The van der Waals surface area contributed by atoms with Crippen LogP contribution in [0.1, 0.15) is 32.1 Å². The Labute approximate surface area is 97.4 Å². The average Bonchev–Trinajstić information content (AvgIpc) is 2.20. The van der Waals surface area contributed by atoms with Crippen LogP contribution in [0.25, 0.3) is 0 Å². The van der Waals surface area contributed by atoms with Crippen LogP contribution in [0.5, 0.6) is 0 Å². The summed E-state index contributed by atoms with van der Waals surface area (Å²) in [4.78, 5) is 0. The summed E-state index contributed by atoms with van der Waals surface area (Å²) in [5.41, 5.74) is 0. The summed E-state index contributed by atoms with van der Waals surface area (Å²) in [6.45, 7) is 2.28. The fourth-order valence-electron chi connectivity index (χ4n) is 2.02. The zero-order valence-electron chi connectivity index (χ0n) is 9.10. The Hall–Kier alpha value is 0.600. The van der Waals surface area contributed by atoms with Crippen LogP contribution in [0.2, 0.25) is 0 Å². The molecule has 14 heavy (non-hydrogen) atoms. The first kappa shape index (κ1) is 12.7. The quantitative estimate of drug-likeness (QED) is 0.561. The van der Waals surface area contributed by atoms with Gasteiger partial charge in [-0.1, -0.05) is 12.8 Å². The van der Waals surface area contributed by atoms with E-state index >= 15 is 0 Å². The third kappa shape index (κ3) is 4.90. The van der Waals surface area contributed by atoms with Crippen molar-refractivity contribution >= 4 is 23.4 Å². The first-order valence-electron chi connectivity index (χ1n) is 5.68. The van der Waals surface area contributed by atoms with Crippen LogP contribution in [0.3, 0.4) is 0 Å². The minimum absolute atomic E-state index is 0.428. The molecule has 1 aliphatic rings. The Morgan fingerprint density at radius 1 is 1.36 bits per heavy atom. The molecule has 0 amide bonds. The normalized spacial score (nSPS) is 27.9. The Bertz CT molecular complexity index is 143. The predicted octanol–water partition coefficient (Wildman–Crippen LogP) is 3.13. The maximum atomic E-state index is 6.28. The molecule has 1 rings (SSSR count). The largest absolute Gasteiger partial charge is 0.316 e. The van der Waals surface area contributed by atoms with Crippen molar-refractivity contribution in [2.45, 2.75) is 37.5 Å². The van der Waals surface area contributed by atoms with Gasteiger partial charge in [0.2, 0.25) is 0 Å². The summed E-state index contributed by atoms with van der Waals surface area (Å²) in [5.74, 6) is 1.99. The van der Waals surface area contributed by atoms with E-state index in [0.29, 0.717) is 5.38 Å². The fraction of sp³-hybridized carbons (Fsp3) is 1.00. The van der Waals surface area contributed by atoms with Gasteiger partial charge in [0, 0.05) is 5.38 Å². The lowest BCUT2D eigenvalue weighted by Gasteiger charge is -2.27. The number of halogens is 1. The molecule has 0 bridgehead atoms. The van der Waals surface area contributed by atoms with Gasteiger partial charge in [-0.15, -0.1) is 11.6 Å². The summed E-state index contributed by atoms with van der Waals surface area (Å²) < 4.78 is 0. The second-order valence-electron chi connectivity index (χ2n) is 4.11. The number of hydrogen-bond acceptors (Lipinski definition) is 2. The molecule has 2 atom stereocenters. The molecule has 1 fully saturated rings. The van der Waals surface area contributed by atoms with Gasteiger partial charge in [0.05, 0.1) is 0 Å². The highest BCUT2D eigenvalue weighted by Gasteiger charge is 2.22. The molecule has 1 N–H and O–H groups in total. The van der Waals surface area contributed by atoms with Crippen LogP contribution in [0, 0.1) is 5.92 Å². The van der Waals surface area contributed by atoms with Gasteiger partial charge in [0.25, 0.3) is 0 Å². The molecule has 1 saturated carbocycles. The van der Waals surface area contributed by atoms with Gasteiger partial charge in [-0.3, -0.25) is 0 Å². The van der Waals surface area contributed by atoms with E-state index in [2.05, 4.69) is 11.6 Å². The summed E-state index contributed by atoms with van der Waals surface area (Å²) in [6.07, 6.45) is 8.69. The maximum Gasteiger partial charge on any atom is 0.0376 e. The van der Waals surface area contributed by atoms with Crippen molar-refractivity contribution in [3.8, 4) is 0 Å². The van der Waals surface area contributed by atoms with E-state index in [1.165, 1.54) is 37.9 Å². The third-order valence-corrected chi connectivity index (χ3v) is 4.20. The molecule has 2 unspecified atom stereocenters. The van der Waals surface area contributed by atoms with E-state index in [1.807, 2.05) is 11.8 Å². The van der Waals surface area contributed by atoms with E-state index in [9.17, 15) is 0 Å². The maximum absolute atomic E-state index is 6.28. The molecule has 0 aromatic heterocycles. The van der Waals surface area contributed by atoms with Gasteiger partial charge in [0.1, 0.15) is 0 Å². The average molecular weight is 236 g/mol. The number of nitrogens with one attached hydrogen (secondary N) is 1. The van der Waals surface area contributed by atoms with E-state index in [1.54, 1.807) is 0 Å². The second kappa shape index (κ2) is 7.84. The first-order valence-corrected chi connectivity index (χ1v) is 7.51. The molecular formula is C11H22ClNS. The molecule has 0 aromatic carbocycles. The Morgan fingerprint density at radius 3 is 2.86 bits per heavy atom. The van der Waals surface area contributed by atoms with Gasteiger partial charge in [-0.25, -0.2) is 0 Å². The lowest BCUT2D eigenvalue weighted by Crippen LogP contribution is -2.31. The molecule has 0 aliphatic heterocycles. The predicted molar refractivity (Wildman–Crippen MR) is 67.5 cm³/mol. The minimum Gasteiger partial charge on any atom is -0.316 e. The van der Waals surface area contributed by atoms with Crippen molar-refractivity contribution in [3.63, 3.8) is 0 Å². The van der Waals surface area contributed by atoms with E-state index in [-0.39, 0.29) is 0 Å². The standard InChI is InChI=1S/C11H22ClNS/c1-14-8-4-7-13-9-10-5-2-3-6-11(10)12/h10-11,13H,2-9H2,1H3. The first-order chi connectivity index (χ1) is 6.84. The van der Waals surface area contributed by atoms with Crippen LogP contribution < -0.4 is 5.32 Å². The van der Waals surface area contributed by atoms with Crippen LogP contribution in [-0.2, 0) is 0 Å². The molecule has 0 radical (unpaired) electrons. The fourth-order valence-corrected chi connectivity index (χ4v) is 2.82. The molecule has 0 aromatic rings. The Kier molecular flexibility index (Phi) is 7.09. The monoisotopic (exact) mass is 235 g/mol. The van der Waals surface area contributed by atoms with Crippen molar-refractivity contribution in [3.05, 3.63) is 0 Å². The Morgan fingerprint density at radius 2 is 2.14 bits per heavy atom. The lowest BCUT2D eigenvalue weighted by atomic mass is 9.89. The van der Waals surface area contributed by atoms with E-state index < -0.39 is 0 Å². The highest BCUT2D eigenvalue weighted by Crippen LogP contribution is 2.27. The summed E-state index contributed by atoms with van der Waals surface area (Å²) in [6, 6.07) is 0. The van der Waals surface area contributed by atoms with Gasteiger partial charge < -0.3 is 5.32 Å². The highest BCUT2D eigenvalue weighted by atomic mass is 35.5. The highest BCUT2D eigenvalue weighted by molar-refractivity contribution is 7.98. The van der Waals surface area contributed by atoms with Crippen LogP contribution >= 0.6 is 23.4 Å². The van der Waals surface area contributed by atoms with E-state index in [0.717, 1.165) is 19.0 Å². The van der Waals surface area contributed by atoms with Gasteiger partial charge in [-0.05, 0) is 50.3 Å². The van der Waals surface area contributed by atoms with Gasteiger partial charge in [-0.2, -0.15) is 11.8 Å². The molecule has 1 nitrogen and oxygen atoms in total. The molecular weight excluding hydrogens is 214 g/mol. The molecule has 84 valence electrons. The van der Waals surface area contributed by atoms with Crippen molar-refractivity contribution in [2.75, 3.05) is 25.1 Å². The van der Waals surface area contributed by atoms with Crippen LogP contribution in [0.4, 0.5) is 0 Å². The van der Waals surface area contributed by atoms with Crippen LogP contribution in [-0.4, -0.2) is 30.5 Å². The number of alkyl halides is 1. The minimum atomic E-state index is 0.428. The smallest absolute Gasteiger partial charge is 0.0376 e. The summed E-state index contributed by atoms with van der Waals surface area (Å²) in [5, 5.41) is 3.95.